The molecule has 47 heavy (non-hydrogen) atoms. The number of hydrogen-bond donors (Lipinski definition) is 2. The summed E-state index contributed by atoms with van der Waals surface area (Å²) < 4.78 is 7.22. The molecule has 0 bridgehead atoms. The summed E-state index contributed by atoms with van der Waals surface area (Å²) in [5, 5.41) is 7.52. The summed E-state index contributed by atoms with van der Waals surface area (Å²) in [6, 6.07) is 28.4. The Balaban J connectivity index is 1.50. The number of likely N-dealkylation sites (N-methyl/N-ethyl adjacent to an activating group) is 1. The second-order valence-electron chi connectivity index (χ2n) is 12.6. The molecule has 3 aromatic carbocycles. The monoisotopic (exact) mass is 648 g/mol. The van der Waals surface area contributed by atoms with Crippen LogP contribution in [0, 0.1) is 13.8 Å². The SMILES string of the molecule is CC(=O)Nc1ccc(/C=C/C(=O)NCC(=O)N(C)c2ccc(C)c(CO[Si](c3ccccc3)(c3ccccc3)C(C)(C)C)c2C)cn1. The van der Waals surface area contributed by atoms with Crippen molar-refractivity contribution in [2.75, 3.05) is 23.8 Å². The third-order valence-corrected chi connectivity index (χ3v) is 13.3. The zero-order chi connectivity index (χ0) is 34.2. The number of nitrogens with zero attached hydrogens (tertiary/aromatic N) is 2. The van der Waals surface area contributed by atoms with E-state index in [0.29, 0.717) is 18.0 Å². The molecule has 0 aliphatic carbocycles. The van der Waals surface area contributed by atoms with Gasteiger partial charge in [0, 0.05) is 31.9 Å². The maximum atomic E-state index is 13.2. The first-order valence-electron chi connectivity index (χ1n) is 15.6. The van der Waals surface area contributed by atoms with Crippen molar-refractivity contribution in [2.24, 2.45) is 0 Å². The van der Waals surface area contributed by atoms with Crippen molar-refractivity contribution in [3.63, 3.8) is 0 Å². The summed E-state index contributed by atoms with van der Waals surface area (Å²) in [6.45, 7) is 12.5. The molecule has 1 aromatic heterocycles. The van der Waals surface area contributed by atoms with Crippen LogP contribution in [0.15, 0.2) is 97.2 Å². The van der Waals surface area contributed by atoms with Gasteiger partial charge in [-0.25, -0.2) is 4.98 Å². The van der Waals surface area contributed by atoms with Crippen LogP contribution in [-0.2, 0) is 25.4 Å². The number of aryl methyl sites for hydroxylation is 1. The fourth-order valence-corrected chi connectivity index (χ4v) is 10.3. The number of amides is 3. The molecular weight excluding hydrogens is 605 g/mol. The van der Waals surface area contributed by atoms with E-state index in [4.69, 9.17) is 4.43 Å². The summed E-state index contributed by atoms with van der Waals surface area (Å²) in [4.78, 5) is 42.6. The Hall–Kier alpha value is -4.86. The van der Waals surface area contributed by atoms with E-state index in [1.807, 2.05) is 31.2 Å². The van der Waals surface area contributed by atoms with Gasteiger partial charge in [0.05, 0.1) is 13.2 Å². The van der Waals surface area contributed by atoms with Gasteiger partial charge >= 0.3 is 0 Å². The summed E-state index contributed by atoms with van der Waals surface area (Å²) >= 11 is 0. The molecule has 8 nitrogen and oxygen atoms in total. The molecule has 0 saturated carbocycles. The van der Waals surface area contributed by atoms with E-state index in [0.717, 1.165) is 22.4 Å². The second-order valence-corrected chi connectivity index (χ2v) is 16.9. The van der Waals surface area contributed by atoms with E-state index in [2.05, 4.69) is 91.8 Å². The first-order valence-corrected chi connectivity index (χ1v) is 17.5. The average molecular weight is 649 g/mol. The van der Waals surface area contributed by atoms with Crippen molar-refractivity contribution in [3.05, 3.63) is 119 Å². The zero-order valence-corrected chi connectivity index (χ0v) is 29.3. The number of hydrogen-bond acceptors (Lipinski definition) is 5. The van der Waals surface area contributed by atoms with Crippen molar-refractivity contribution >= 4 is 54.0 Å². The third kappa shape index (κ3) is 8.30. The highest BCUT2D eigenvalue weighted by Crippen LogP contribution is 2.38. The summed E-state index contributed by atoms with van der Waals surface area (Å²) in [7, 11) is -1.05. The predicted molar refractivity (Wildman–Crippen MR) is 192 cm³/mol. The Morgan fingerprint density at radius 3 is 2.04 bits per heavy atom. The third-order valence-electron chi connectivity index (χ3n) is 8.32. The topological polar surface area (TPSA) is 101 Å². The van der Waals surface area contributed by atoms with Gasteiger partial charge in [0.1, 0.15) is 5.82 Å². The molecule has 0 atom stereocenters. The van der Waals surface area contributed by atoms with E-state index in [-0.39, 0.29) is 23.4 Å². The molecule has 4 aromatic rings. The minimum absolute atomic E-state index is 0.165. The van der Waals surface area contributed by atoms with Crippen LogP contribution in [0.1, 0.15) is 49.9 Å². The van der Waals surface area contributed by atoms with Gasteiger partial charge in [-0.3, -0.25) is 14.4 Å². The molecule has 1 heterocycles. The minimum Gasteiger partial charge on any atom is -0.403 e. The normalized spacial score (nSPS) is 11.7. The molecule has 0 unspecified atom stereocenters. The molecule has 244 valence electrons. The molecule has 9 heteroatoms. The maximum Gasteiger partial charge on any atom is 0.261 e. The number of aromatic nitrogens is 1. The molecule has 4 rings (SSSR count). The molecule has 3 amide bonds. The standard InChI is InChI=1S/C38H44N4O4Si/c1-27-18-21-34(42(7)37(45)25-40-36(44)23-20-30-19-22-35(39-24-30)41-29(3)43)28(2)33(27)26-46-47(38(4,5)6,31-14-10-8-11-15-31)32-16-12-9-13-17-32/h8-24H,25-26H2,1-7H3,(H,40,44)(H,39,41,43)/b23-20+. The lowest BCUT2D eigenvalue weighted by Gasteiger charge is -2.43. The summed E-state index contributed by atoms with van der Waals surface area (Å²) in [5.41, 5.74) is 4.53. The van der Waals surface area contributed by atoms with Gasteiger partial charge in [-0.1, -0.05) is 87.5 Å². The van der Waals surface area contributed by atoms with E-state index >= 15 is 0 Å². The van der Waals surface area contributed by atoms with Gasteiger partial charge in [-0.15, -0.1) is 0 Å². The lowest BCUT2D eigenvalue weighted by Crippen LogP contribution is -2.66. The largest absolute Gasteiger partial charge is 0.403 e. The number of nitrogens with one attached hydrogen (secondary N) is 2. The number of carbonyl (C=O) groups is 3. The van der Waals surface area contributed by atoms with Crippen molar-refractivity contribution in [2.45, 2.75) is 53.2 Å². The molecule has 0 fully saturated rings. The second kappa shape index (κ2) is 15.2. The van der Waals surface area contributed by atoms with Crippen LogP contribution in [0.2, 0.25) is 5.04 Å². The highest BCUT2D eigenvalue weighted by atomic mass is 28.4. The summed E-state index contributed by atoms with van der Waals surface area (Å²) in [5.74, 6) is -0.441. The number of anilines is 2. The molecule has 0 spiro atoms. The Bertz CT molecular complexity index is 1690. The first kappa shape index (κ1) is 35.0. The van der Waals surface area contributed by atoms with Gasteiger partial charge in [0.25, 0.3) is 8.32 Å². The molecule has 0 aliphatic heterocycles. The van der Waals surface area contributed by atoms with Crippen molar-refractivity contribution in [3.8, 4) is 0 Å². The van der Waals surface area contributed by atoms with Gasteiger partial charge in [0.2, 0.25) is 17.7 Å². The summed E-state index contributed by atoms with van der Waals surface area (Å²) in [6.07, 6.45) is 4.49. The molecule has 0 saturated heterocycles. The van der Waals surface area contributed by atoms with E-state index in [9.17, 15) is 14.4 Å². The fourth-order valence-electron chi connectivity index (χ4n) is 5.81. The van der Waals surface area contributed by atoms with Crippen LogP contribution < -0.4 is 25.9 Å². The Kier molecular flexibility index (Phi) is 11.3. The predicted octanol–water partition coefficient (Wildman–Crippen LogP) is 5.53. The first-order chi connectivity index (χ1) is 22.3. The fraction of sp³-hybridized carbons (Fsp3) is 0.263. The minimum atomic E-state index is -2.77. The maximum absolute atomic E-state index is 13.2. The number of rotatable bonds is 11. The Labute approximate surface area is 279 Å². The molecule has 0 radical (unpaired) electrons. The molecule has 2 N–H and O–H groups in total. The lowest BCUT2D eigenvalue weighted by atomic mass is 10.0. The molecule has 0 aliphatic rings. The highest BCUT2D eigenvalue weighted by molar-refractivity contribution is 6.99. The molecular formula is C38H44N4O4Si. The number of carbonyl (C=O) groups excluding carboxylic acids is 3. The van der Waals surface area contributed by atoms with Crippen molar-refractivity contribution < 1.29 is 18.8 Å². The highest BCUT2D eigenvalue weighted by Gasteiger charge is 2.50. The Morgan fingerprint density at radius 2 is 1.51 bits per heavy atom. The van der Waals surface area contributed by atoms with Gasteiger partial charge < -0.3 is 20.0 Å². The van der Waals surface area contributed by atoms with Crippen LogP contribution in [-0.4, -0.2) is 44.6 Å². The Morgan fingerprint density at radius 1 is 0.894 bits per heavy atom. The quantitative estimate of drug-likeness (QED) is 0.165. The van der Waals surface area contributed by atoms with Gasteiger partial charge in [0.15, 0.2) is 0 Å². The van der Waals surface area contributed by atoms with Gasteiger partial charge in [-0.05, 0) is 75.8 Å². The average Bonchev–Trinajstić information content (AvgIpc) is 3.04. The number of benzene rings is 3. The van der Waals surface area contributed by atoms with Crippen LogP contribution in [0.25, 0.3) is 6.08 Å². The lowest BCUT2D eigenvalue weighted by molar-refractivity contribution is -0.122. The van der Waals surface area contributed by atoms with Crippen molar-refractivity contribution in [1.29, 1.82) is 0 Å². The van der Waals surface area contributed by atoms with E-state index in [1.165, 1.54) is 23.4 Å². The number of pyridine rings is 1. The van der Waals surface area contributed by atoms with E-state index < -0.39 is 14.2 Å². The van der Waals surface area contributed by atoms with Crippen LogP contribution in [0.3, 0.4) is 0 Å². The zero-order valence-electron chi connectivity index (χ0n) is 28.3. The van der Waals surface area contributed by atoms with Crippen LogP contribution in [0.5, 0.6) is 0 Å². The van der Waals surface area contributed by atoms with Gasteiger partial charge in [-0.2, -0.15) is 0 Å². The van der Waals surface area contributed by atoms with E-state index in [1.54, 1.807) is 36.4 Å². The smallest absolute Gasteiger partial charge is 0.261 e. The van der Waals surface area contributed by atoms with Crippen molar-refractivity contribution in [1.82, 2.24) is 10.3 Å². The van der Waals surface area contributed by atoms with Crippen LogP contribution in [0.4, 0.5) is 11.5 Å². The van der Waals surface area contributed by atoms with Crippen LogP contribution >= 0.6 is 0 Å².